The normalized spacial score (nSPS) is 10.6. The van der Waals surface area contributed by atoms with Crippen molar-refractivity contribution >= 4 is 11.6 Å². The summed E-state index contributed by atoms with van der Waals surface area (Å²) in [6, 6.07) is 14.6. The second kappa shape index (κ2) is 9.72. The quantitative estimate of drug-likeness (QED) is 0.686. The zero-order chi connectivity index (χ0) is 18.1. The summed E-state index contributed by atoms with van der Waals surface area (Å²) >= 11 is 0. The molecular formula is C21H27NO3. The largest absolute Gasteiger partial charge is 0.494 e. The van der Waals surface area contributed by atoms with Crippen molar-refractivity contribution in [1.82, 2.24) is 0 Å². The molecule has 4 nitrogen and oxygen atoms in total. The van der Waals surface area contributed by atoms with Crippen LogP contribution in [0.5, 0.6) is 11.5 Å². The summed E-state index contributed by atoms with van der Waals surface area (Å²) in [6.07, 6.45) is 1.98. The third-order valence-corrected chi connectivity index (χ3v) is 3.67. The third kappa shape index (κ3) is 6.49. The number of hydrogen-bond donors (Lipinski definition) is 1. The highest BCUT2D eigenvalue weighted by Crippen LogP contribution is 2.18. The van der Waals surface area contributed by atoms with Gasteiger partial charge in [0.05, 0.1) is 13.2 Å². The summed E-state index contributed by atoms with van der Waals surface area (Å²) in [6.45, 7) is 7.78. The Bertz CT molecular complexity index is 648. The Balaban J connectivity index is 1.87. The van der Waals surface area contributed by atoms with Crippen molar-refractivity contribution in [1.29, 1.82) is 0 Å². The zero-order valence-electron chi connectivity index (χ0n) is 15.2. The lowest BCUT2D eigenvalue weighted by molar-refractivity contribution is 0.102. The lowest BCUT2D eigenvalue weighted by Gasteiger charge is -2.10. The molecule has 2 rings (SSSR count). The third-order valence-electron chi connectivity index (χ3n) is 3.67. The van der Waals surface area contributed by atoms with E-state index in [0.29, 0.717) is 24.7 Å². The Labute approximate surface area is 150 Å². The van der Waals surface area contributed by atoms with Gasteiger partial charge in [-0.1, -0.05) is 20.8 Å². The summed E-state index contributed by atoms with van der Waals surface area (Å²) in [5, 5.41) is 2.88. The molecule has 0 unspecified atom stereocenters. The van der Waals surface area contributed by atoms with Gasteiger partial charge in [-0.15, -0.1) is 0 Å². The van der Waals surface area contributed by atoms with Crippen LogP contribution in [0, 0.1) is 5.92 Å². The fourth-order valence-corrected chi connectivity index (χ4v) is 2.17. The minimum absolute atomic E-state index is 0.143. The molecule has 0 heterocycles. The maximum atomic E-state index is 12.3. The number of anilines is 1. The van der Waals surface area contributed by atoms with Gasteiger partial charge in [-0.25, -0.2) is 0 Å². The van der Waals surface area contributed by atoms with E-state index in [0.717, 1.165) is 30.0 Å². The number of hydrogen-bond acceptors (Lipinski definition) is 3. The van der Waals surface area contributed by atoms with Crippen LogP contribution in [-0.4, -0.2) is 19.1 Å². The first kappa shape index (κ1) is 18.8. The fourth-order valence-electron chi connectivity index (χ4n) is 2.17. The van der Waals surface area contributed by atoms with Crippen LogP contribution in [0.15, 0.2) is 48.5 Å². The molecule has 0 radical (unpaired) electrons. The summed E-state index contributed by atoms with van der Waals surface area (Å²) in [7, 11) is 0. The maximum Gasteiger partial charge on any atom is 0.255 e. The Kier molecular flexibility index (Phi) is 7.33. The molecule has 0 aliphatic rings. The van der Waals surface area contributed by atoms with Gasteiger partial charge in [0.25, 0.3) is 5.91 Å². The lowest BCUT2D eigenvalue weighted by atomic mass is 10.1. The molecule has 2 aromatic rings. The van der Waals surface area contributed by atoms with Crippen molar-refractivity contribution in [2.45, 2.75) is 33.6 Å². The predicted molar refractivity (Wildman–Crippen MR) is 102 cm³/mol. The van der Waals surface area contributed by atoms with E-state index in [1.807, 2.05) is 36.4 Å². The van der Waals surface area contributed by atoms with Crippen LogP contribution in [0.4, 0.5) is 5.69 Å². The topological polar surface area (TPSA) is 47.6 Å². The number of carbonyl (C=O) groups excluding carboxylic acids is 1. The van der Waals surface area contributed by atoms with Crippen molar-refractivity contribution < 1.29 is 14.3 Å². The first-order chi connectivity index (χ1) is 12.1. The molecule has 0 aliphatic carbocycles. The van der Waals surface area contributed by atoms with Crippen LogP contribution >= 0.6 is 0 Å². The van der Waals surface area contributed by atoms with Gasteiger partial charge in [0.2, 0.25) is 0 Å². The summed E-state index contributed by atoms with van der Waals surface area (Å²) in [5.41, 5.74) is 1.34. The van der Waals surface area contributed by atoms with Gasteiger partial charge >= 0.3 is 0 Å². The van der Waals surface area contributed by atoms with E-state index >= 15 is 0 Å². The SMILES string of the molecule is CCCOc1ccc(NC(=O)c2ccc(OCCC(C)C)cc2)cc1. The fraction of sp³-hybridized carbons (Fsp3) is 0.381. The molecule has 134 valence electrons. The number of ether oxygens (including phenoxy) is 2. The average molecular weight is 341 g/mol. The molecule has 4 heteroatoms. The van der Waals surface area contributed by atoms with Gasteiger partial charge in [0.15, 0.2) is 0 Å². The highest BCUT2D eigenvalue weighted by molar-refractivity contribution is 6.04. The van der Waals surface area contributed by atoms with Gasteiger partial charge < -0.3 is 14.8 Å². The predicted octanol–water partition coefficient (Wildman–Crippen LogP) is 5.15. The number of carbonyl (C=O) groups is 1. The molecule has 0 spiro atoms. The zero-order valence-corrected chi connectivity index (χ0v) is 15.2. The standard InChI is InChI=1S/C21H27NO3/c1-4-14-24-20-11-7-18(8-12-20)22-21(23)17-5-9-19(10-6-17)25-15-13-16(2)3/h5-12,16H,4,13-15H2,1-3H3,(H,22,23). The molecular weight excluding hydrogens is 314 g/mol. The van der Waals surface area contributed by atoms with Crippen LogP contribution in [0.1, 0.15) is 44.0 Å². The monoisotopic (exact) mass is 341 g/mol. The molecule has 25 heavy (non-hydrogen) atoms. The van der Waals surface area contributed by atoms with Gasteiger partial charge in [-0.3, -0.25) is 4.79 Å². The maximum absolute atomic E-state index is 12.3. The van der Waals surface area contributed by atoms with Gasteiger partial charge in [0.1, 0.15) is 11.5 Å². The molecule has 0 aliphatic heterocycles. The lowest BCUT2D eigenvalue weighted by Crippen LogP contribution is -2.11. The Hall–Kier alpha value is -2.49. The highest BCUT2D eigenvalue weighted by Gasteiger charge is 2.07. The minimum atomic E-state index is -0.143. The summed E-state index contributed by atoms with van der Waals surface area (Å²) < 4.78 is 11.2. The van der Waals surface area contributed by atoms with Crippen molar-refractivity contribution in [3.63, 3.8) is 0 Å². The van der Waals surface area contributed by atoms with E-state index in [4.69, 9.17) is 9.47 Å². The van der Waals surface area contributed by atoms with E-state index in [9.17, 15) is 4.79 Å². The van der Waals surface area contributed by atoms with E-state index in [-0.39, 0.29) is 5.91 Å². The molecule has 0 bridgehead atoms. The summed E-state index contributed by atoms with van der Waals surface area (Å²) in [4.78, 5) is 12.3. The molecule has 1 amide bonds. The van der Waals surface area contributed by atoms with Crippen molar-refractivity contribution in [2.75, 3.05) is 18.5 Å². The van der Waals surface area contributed by atoms with Crippen molar-refractivity contribution in [3.8, 4) is 11.5 Å². The van der Waals surface area contributed by atoms with Crippen LogP contribution in [-0.2, 0) is 0 Å². The van der Waals surface area contributed by atoms with Gasteiger partial charge in [-0.05, 0) is 67.3 Å². The van der Waals surface area contributed by atoms with Gasteiger partial charge in [0, 0.05) is 11.3 Å². The molecule has 2 aromatic carbocycles. The molecule has 0 saturated heterocycles. The highest BCUT2D eigenvalue weighted by atomic mass is 16.5. The summed E-state index contributed by atoms with van der Waals surface area (Å²) in [5.74, 6) is 2.07. The Morgan fingerprint density at radius 2 is 1.48 bits per heavy atom. The van der Waals surface area contributed by atoms with Crippen LogP contribution in [0.25, 0.3) is 0 Å². The van der Waals surface area contributed by atoms with Crippen LogP contribution in [0.3, 0.4) is 0 Å². The second-order valence-corrected chi connectivity index (χ2v) is 6.38. The van der Waals surface area contributed by atoms with E-state index in [1.165, 1.54) is 0 Å². The van der Waals surface area contributed by atoms with E-state index in [2.05, 4.69) is 26.1 Å². The minimum Gasteiger partial charge on any atom is -0.494 e. The number of amides is 1. The van der Waals surface area contributed by atoms with Gasteiger partial charge in [-0.2, -0.15) is 0 Å². The molecule has 1 N–H and O–H groups in total. The Morgan fingerprint density at radius 1 is 0.920 bits per heavy atom. The number of rotatable bonds is 9. The smallest absolute Gasteiger partial charge is 0.255 e. The number of nitrogens with one attached hydrogen (secondary N) is 1. The first-order valence-corrected chi connectivity index (χ1v) is 8.85. The molecule has 0 atom stereocenters. The van der Waals surface area contributed by atoms with Crippen LogP contribution in [0.2, 0.25) is 0 Å². The van der Waals surface area contributed by atoms with Crippen LogP contribution < -0.4 is 14.8 Å². The van der Waals surface area contributed by atoms with Crippen molar-refractivity contribution in [2.24, 2.45) is 5.92 Å². The molecule has 0 saturated carbocycles. The molecule has 0 fully saturated rings. The van der Waals surface area contributed by atoms with E-state index < -0.39 is 0 Å². The van der Waals surface area contributed by atoms with Crippen molar-refractivity contribution in [3.05, 3.63) is 54.1 Å². The average Bonchev–Trinajstić information content (AvgIpc) is 2.61. The molecule has 0 aromatic heterocycles. The van der Waals surface area contributed by atoms with E-state index in [1.54, 1.807) is 12.1 Å². The number of benzene rings is 2. The first-order valence-electron chi connectivity index (χ1n) is 8.85. The second-order valence-electron chi connectivity index (χ2n) is 6.38. The Morgan fingerprint density at radius 3 is 2.04 bits per heavy atom.